The van der Waals surface area contributed by atoms with Crippen LogP contribution >= 0.6 is 0 Å². The Bertz CT molecular complexity index is 889. The molecule has 1 amide bonds. The summed E-state index contributed by atoms with van der Waals surface area (Å²) in [6, 6.07) is -0.563. The van der Waals surface area contributed by atoms with Crippen LogP contribution in [0.5, 0.6) is 0 Å². The first-order chi connectivity index (χ1) is 12.8. The molecule has 8 heteroatoms. The molecule has 1 fully saturated rings. The quantitative estimate of drug-likeness (QED) is 0.803. The lowest BCUT2D eigenvalue weighted by molar-refractivity contribution is -0.885. The molecule has 4 rings (SSSR count). The van der Waals surface area contributed by atoms with E-state index in [4.69, 9.17) is 4.84 Å². The van der Waals surface area contributed by atoms with Gasteiger partial charge >= 0.3 is 0 Å². The molecule has 0 bridgehead atoms. The highest BCUT2D eigenvalue weighted by Gasteiger charge is 2.50. The number of fused-ring (bicyclic) bond motifs is 3. The molecule has 144 valence electrons. The molecule has 2 aliphatic carbocycles. The van der Waals surface area contributed by atoms with Gasteiger partial charge in [0.05, 0.1) is 17.9 Å². The number of aromatic nitrogens is 4. The number of hydrogen-bond donors (Lipinski definition) is 1. The molecule has 0 saturated heterocycles. The lowest BCUT2D eigenvalue weighted by Crippen LogP contribution is -2.45. The fourth-order valence-electron chi connectivity index (χ4n) is 3.77. The summed E-state index contributed by atoms with van der Waals surface area (Å²) < 4.78 is 16.7. The number of carbonyl (C=O) groups excluding carboxylic acids is 1. The van der Waals surface area contributed by atoms with E-state index in [1.54, 1.807) is 30.4 Å². The zero-order valence-electron chi connectivity index (χ0n) is 16.1. The van der Waals surface area contributed by atoms with Gasteiger partial charge in [0.2, 0.25) is 12.0 Å². The third-order valence-electron chi connectivity index (χ3n) is 5.57. The molecule has 2 aliphatic rings. The maximum atomic E-state index is 13.5. The molecule has 2 aromatic rings. The first-order valence-corrected chi connectivity index (χ1v) is 9.24. The number of amides is 1. The number of carbonyl (C=O) groups is 1. The summed E-state index contributed by atoms with van der Waals surface area (Å²) in [5.41, 5.74) is 2.03. The minimum absolute atomic E-state index is 0.320. The molecule has 0 spiro atoms. The largest absolute Gasteiger partial charge is 0.345 e. The summed E-state index contributed by atoms with van der Waals surface area (Å²) in [7, 11) is 1.57. The van der Waals surface area contributed by atoms with E-state index in [9.17, 15) is 9.18 Å². The van der Waals surface area contributed by atoms with E-state index < -0.39 is 12.7 Å². The van der Waals surface area contributed by atoms with Gasteiger partial charge < -0.3 is 5.32 Å². The van der Waals surface area contributed by atoms with Crippen molar-refractivity contribution in [2.45, 2.75) is 45.6 Å². The average molecular weight is 374 g/mol. The molecule has 2 aromatic heterocycles. The van der Waals surface area contributed by atoms with Crippen LogP contribution in [0.2, 0.25) is 0 Å². The zero-order chi connectivity index (χ0) is 19.3. The van der Waals surface area contributed by atoms with Gasteiger partial charge in [-0.2, -0.15) is 5.10 Å². The molecular weight excluding hydrogens is 349 g/mol. The molecule has 1 saturated carbocycles. The SMILES string of the molecule is CO[n+]1ccnc(-n2nc(C(=O)NC(CF)C(C)(C)C)c3c2C2CC2C3)c1. The van der Waals surface area contributed by atoms with Gasteiger partial charge in [0.15, 0.2) is 5.69 Å². The minimum Gasteiger partial charge on any atom is -0.345 e. The number of alkyl halides is 1. The molecule has 3 atom stereocenters. The van der Waals surface area contributed by atoms with E-state index in [0.29, 0.717) is 23.3 Å². The lowest BCUT2D eigenvalue weighted by atomic mass is 9.87. The highest BCUT2D eigenvalue weighted by Crippen LogP contribution is 2.57. The van der Waals surface area contributed by atoms with Gasteiger partial charge in [0, 0.05) is 16.2 Å². The fraction of sp³-hybridized carbons (Fsp3) is 0.579. The summed E-state index contributed by atoms with van der Waals surface area (Å²) in [6.45, 7) is 5.12. The third kappa shape index (κ3) is 3.07. The number of rotatable bonds is 5. The van der Waals surface area contributed by atoms with Crippen molar-refractivity contribution >= 4 is 5.91 Å². The molecule has 2 heterocycles. The Morgan fingerprint density at radius 2 is 2.30 bits per heavy atom. The fourth-order valence-corrected chi connectivity index (χ4v) is 3.77. The topological polar surface area (TPSA) is 72.9 Å². The highest BCUT2D eigenvalue weighted by atomic mass is 19.1. The number of halogens is 1. The van der Waals surface area contributed by atoms with Crippen LogP contribution < -0.4 is 14.9 Å². The maximum Gasteiger partial charge on any atom is 0.272 e. The Morgan fingerprint density at radius 1 is 1.52 bits per heavy atom. The van der Waals surface area contributed by atoms with Crippen LogP contribution in [0.3, 0.4) is 0 Å². The van der Waals surface area contributed by atoms with Gasteiger partial charge in [-0.25, -0.2) is 14.1 Å². The van der Waals surface area contributed by atoms with E-state index in [2.05, 4.69) is 15.4 Å². The summed E-state index contributed by atoms with van der Waals surface area (Å²) in [6.07, 6.45) is 7.01. The second kappa shape index (κ2) is 6.28. The molecule has 0 radical (unpaired) electrons. The first kappa shape index (κ1) is 17.9. The van der Waals surface area contributed by atoms with Gasteiger partial charge in [-0.15, -0.1) is 0 Å². The van der Waals surface area contributed by atoms with Crippen molar-refractivity contribution in [1.82, 2.24) is 20.1 Å². The predicted octanol–water partition coefficient (Wildman–Crippen LogP) is 1.39. The lowest BCUT2D eigenvalue weighted by Gasteiger charge is -2.28. The van der Waals surface area contributed by atoms with Crippen LogP contribution in [0.15, 0.2) is 18.6 Å². The Morgan fingerprint density at radius 3 is 2.96 bits per heavy atom. The van der Waals surface area contributed by atoms with Crippen molar-refractivity contribution in [2.75, 3.05) is 13.8 Å². The molecule has 1 N–H and O–H groups in total. The summed E-state index contributed by atoms with van der Waals surface area (Å²) in [5.74, 6) is 1.28. The van der Waals surface area contributed by atoms with Gasteiger partial charge in [0.25, 0.3) is 12.1 Å². The molecule has 0 aromatic carbocycles. The Hall–Kier alpha value is -2.51. The van der Waals surface area contributed by atoms with Crippen LogP contribution in [-0.4, -0.2) is 40.5 Å². The van der Waals surface area contributed by atoms with E-state index >= 15 is 0 Å². The number of nitrogens with zero attached hydrogens (tertiary/aromatic N) is 4. The first-order valence-electron chi connectivity index (χ1n) is 9.24. The van der Waals surface area contributed by atoms with Crippen molar-refractivity contribution in [3.8, 4) is 5.82 Å². The highest BCUT2D eigenvalue weighted by molar-refractivity contribution is 5.94. The third-order valence-corrected chi connectivity index (χ3v) is 5.57. The summed E-state index contributed by atoms with van der Waals surface area (Å²) in [4.78, 5) is 22.5. The van der Waals surface area contributed by atoms with Crippen molar-refractivity contribution in [3.05, 3.63) is 35.5 Å². The van der Waals surface area contributed by atoms with Crippen LogP contribution in [0.1, 0.15) is 54.9 Å². The number of hydrogen-bond acceptors (Lipinski definition) is 4. The smallest absolute Gasteiger partial charge is 0.272 e. The van der Waals surface area contributed by atoms with Crippen LogP contribution in [0.25, 0.3) is 5.82 Å². The average Bonchev–Trinajstić information content (AvgIpc) is 3.14. The molecule has 0 aliphatic heterocycles. The Kier molecular flexibility index (Phi) is 4.16. The van der Waals surface area contributed by atoms with E-state index in [-0.39, 0.29) is 11.3 Å². The van der Waals surface area contributed by atoms with Crippen LogP contribution in [0.4, 0.5) is 4.39 Å². The van der Waals surface area contributed by atoms with Crippen molar-refractivity contribution < 1.29 is 18.8 Å². The van der Waals surface area contributed by atoms with Gasteiger partial charge in [-0.05, 0) is 24.2 Å². The monoisotopic (exact) mass is 374 g/mol. The van der Waals surface area contributed by atoms with Gasteiger partial charge in [-0.1, -0.05) is 20.8 Å². The molecule has 3 unspecified atom stereocenters. The van der Waals surface area contributed by atoms with Crippen LogP contribution in [0, 0.1) is 11.3 Å². The second-order valence-corrected chi connectivity index (χ2v) is 8.43. The number of nitrogens with one attached hydrogen (secondary N) is 1. The van der Waals surface area contributed by atoms with Gasteiger partial charge in [-0.3, -0.25) is 9.63 Å². The molecular formula is C19H25FN5O2+. The minimum atomic E-state index is -0.614. The van der Waals surface area contributed by atoms with Crippen molar-refractivity contribution in [2.24, 2.45) is 11.3 Å². The van der Waals surface area contributed by atoms with E-state index in [1.807, 2.05) is 20.8 Å². The van der Waals surface area contributed by atoms with Gasteiger partial charge in [0.1, 0.15) is 13.8 Å². The summed E-state index contributed by atoms with van der Waals surface area (Å²) >= 11 is 0. The maximum absolute atomic E-state index is 13.5. The van der Waals surface area contributed by atoms with E-state index in [0.717, 1.165) is 24.1 Å². The van der Waals surface area contributed by atoms with E-state index in [1.165, 1.54) is 4.73 Å². The second-order valence-electron chi connectivity index (χ2n) is 8.43. The van der Waals surface area contributed by atoms with Crippen LogP contribution in [-0.2, 0) is 6.42 Å². The Labute approximate surface area is 157 Å². The normalized spacial score (nSPS) is 21.4. The predicted molar refractivity (Wildman–Crippen MR) is 95.3 cm³/mol. The standard InChI is InChI=1S/C19H24FN5O2/c1-19(2,3)14(9-20)22-18(26)16-13-8-11-7-12(11)17(13)25(23-16)15-10-24(27-4)6-5-21-15/h5-6,10-12,14H,7-9H2,1-4H3/p+1. The molecule has 7 nitrogen and oxygen atoms in total. The van der Waals surface area contributed by atoms with Crippen molar-refractivity contribution in [1.29, 1.82) is 0 Å². The Balaban J connectivity index is 1.71. The zero-order valence-corrected chi connectivity index (χ0v) is 16.1. The summed E-state index contributed by atoms with van der Waals surface area (Å²) in [5, 5.41) is 7.40. The van der Waals surface area contributed by atoms with Crippen molar-refractivity contribution in [3.63, 3.8) is 0 Å². The molecule has 27 heavy (non-hydrogen) atoms.